The minimum atomic E-state index is 0.757. The van der Waals surface area contributed by atoms with Crippen LogP contribution in [0.25, 0.3) is 0 Å². The van der Waals surface area contributed by atoms with E-state index in [0.717, 1.165) is 23.2 Å². The van der Waals surface area contributed by atoms with E-state index in [0.29, 0.717) is 0 Å². The Balaban J connectivity index is 3.15. The summed E-state index contributed by atoms with van der Waals surface area (Å²) >= 11 is 0. The van der Waals surface area contributed by atoms with E-state index in [1.54, 1.807) is 0 Å². The van der Waals surface area contributed by atoms with Crippen molar-refractivity contribution < 1.29 is 4.79 Å². The van der Waals surface area contributed by atoms with Crippen LogP contribution < -0.4 is 0 Å². The molecule has 0 spiro atoms. The summed E-state index contributed by atoms with van der Waals surface area (Å²) in [6.07, 6.45) is 0.860. The maximum absolute atomic E-state index is 10.2. The van der Waals surface area contributed by atoms with E-state index in [-0.39, 0.29) is 0 Å². The van der Waals surface area contributed by atoms with Crippen molar-refractivity contribution in [1.82, 2.24) is 4.98 Å². The summed E-state index contributed by atoms with van der Waals surface area (Å²) in [5.74, 6) is 0. The fourth-order valence-corrected chi connectivity index (χ4v) is 0.868. The molecule has 1 aromatic rings. The average Bonchev–Trinajstić information content (AvgIpc) is 2.10. The van der Waals surface area contributed by atoms with Crippen LogP contribution in [0.15, 0.2) is 6.07 Å². The summed E-state index contributed by atoms with van der Waals surface area (Å²) in [7, 11) is 0. The molecule has 2 nitrogen and oxygen atoms in total. The number of aromatic amines is 1. The Labute approximate surface area is 53.9 Å². The lowest BCUT2D eigenvalue weighted by Crippen LogP contribution is -1.77. The second-order valence-corrected chi connectivity index (χ2v) is 2.15. The third-order valence-electron chi connectivity index (χ3n) is 1.32. The highest BCUT2D eigenvalue weighted by Crippen LogP contribution is 2.04. The van der Waals surface area contributed by atoms with E-state index in [1.807, 2.05) is 19.9 Å². The lowest BCUT2D eigenvalue weighted by atomic mass is 10.3. The smallest absolute Gasteiger partial charge is 0.151 e. The normalized spacial score (nSPS) is 9.56. The molecule has 0 unspecified atom stereocenters. The Morgan fingerprint density at radius 3 is 2.44 bits per heavy atom. The first-order chi connectivity index (χ1) is 4.24. The van der Waals surface area contributed by atoms with Crippen molar-refractivity contribution in [3.05, 3.63) is 23.0 Å². The monoisotopic (exact) mass is 123 g/mol. The lowest BCUT2D eigenvalue weighted by molar-refractivity contribution is 0.112. The fourth-order valence-electron chi connectivity index (χ4n) is 0.868. The molecule has 0 fully saturated rings. The van der Waals surface area contributed by atoms with Gasteiger partial charge in [-0.1, -0.05) is 0 Å². The first kappa shape index (κ1) is 6.08. The van der Waals surface area contributed by atoms with Crippen LogP contribution in [0.2, 0.25) is 0 Å². The van der Waals surface area contributed by atoms with Crippen LogP contribution in [0.3, 0.4) is 0 Å². The maximum Gasteiger partial charge on any atom is 0.151 e. The number of H-pyrrole nitrogens is 1. The topological polar surface area (TPSA) is 32.9 Å². The predicted molar refractivity (Wildman–Crippen MR) is 35.7 cm³/mol. The number of carbonyl (C=O) groups is 1. The quantitative estimate of drug-likeness (QED) is 0.563. The summed E-state index contributed by atoms with van der Waals surface area (Å²) in [6, 6.07) is 1.84. The van der Waals surface area contributed by atoms with E-state index in [9.17, 15) is 4.79 Å². The Morgan fingerprint density at radius 1 is 1.56 bits per heavy atom. The van der Waals surface area contributed by atoms with Gasteiger partial charge in [-0.05, 0) is 19.9 Å². The number of aldehydes is 1. The van der Waals surface area contributed by atoms with Crippen LogP contribution in [0.4, 0.5) is 0 Å². The van der Waals surface area contributed by atoms with E-state index < -0.39 is 0 Å². The summed E-state index contributed by atoms with van der Waals surface area (Å²) in [6.45, 7) is 3.82. The molecular formula is C7H9NO. The van der Waals surface area contributed by atoms with Crippen LogP contribution in [-0.4, -0.2) is 11.3 Å². The zero-order chi connectivity index (χ0) is 6.85. The van der Waals surface area contributed by atoms with Gasteiger partial charge in [0.05, 0.1) is 0 Å². The van der Waals surface area contributed by atoms with Crippen molar-refractivity contribution in [1.29, 1.82) is 0 Å². The molecule has 0 amide bonds. The molecule has 1 aromatic heterocycles. The standard InChI is InChI=1S/C7H9NO/c1-5-3-7(4-9)6(2)8-5/h3-4,8H,1-2H3. The Hall–Kier alpha value is -1.05. The maximum atomic E-state index is 10.2. The predicted octanol–water partition coefficient (Wildman–Crippen LogP) is 1.44. The molecule has 0 radical (unpaired) electrons. The van der Waals surface area contributed by atoms with Gasteiger partial charge in [0.2, 0.25) is 0 Å². The van der Waals surface area contributed by atoms with E-state index in [2.05, 4.69) is 4.98 Å². The van der Waals surface area contributed by atoms with Crippen molar-refractivity contribution in [3.63, 3.8) is 0 Å². The summed E-state index contributed by atoms with van der Waals surface area (Å²) < 4.78 is 0. The SMILES string of the molecule is Cc1cc(C=O)c(C)[nH]1. The first-order valence-corrected chi connectivity index (χ1v) is 2.85. The van der Waals surface area contributed by atoms with E-state index in [4.69, 9.17) is 0 Å². The summed E-state index contributed by atoms with van der Waals surface area (Å²) in [5.41, 5.74) is 2.74. The van der Waals surface area contributed by atoms with E-state index in [1.165, 1.54) is 0 Å². The van der Waals surface area contributed by atoms with Gasteiger partial charge in [0.25, 0.3) is 0 Å². The molecule has 48 valence electrons. The van der Waals surface area contributed by atoms with Crippen LogP contribution in [0, 0.1) is 13.8 Å². The molecule has 0 aliphatic rings. The second-order valence-electron chi connectivity index (χ2n) is 2.15. The first-order valence-electron chi connectivity index (χ1n) is 2.85. The third kappa shape index (κ3) is 1.02. The highest BCUT2D eigenvalue weighted by atomic mass is 16.1. The third-order valence-corrected chi connectivity index (χ3v) is 1.32. The zero-order valence-electron chi connectivity index (χ0n) is 5.56. The molecule has 0 saturated carbocycles. The van der Waals surface area contributed by atoms with Gasteiger partial charge < -0.3 is 4.98 Å². The van der Waals surface area contributed by atoms with Crippen molar-refractivity contribution in [3.8, 4) is 0 Å². The number of carbonyl (C=O) groups excluding carboxylic acids is 1. The molecule has 0 aliphatic heterocycles. The van der Waals surface area contributed by atoms with Crippen LogP contribution in [0.5, 0.6) is 0 Å². The van der Waals surface area contributed by atoms with Gasteiger partial charge in [0.1, 0.15) is 0 Å². The van der Waals surface area contributed by atoms with Crippen molar-refractivity contribution in [2.45, 2.75) is 13.8 Å². The number of rotatable bonds is 1. The number of hydrogen-bond donors (Lipinski definition) is 1. The van der Waals surface area contributed by atoms with Gasteiger partial charge >= 0.3 is 0 Å². The summed E-state index contributed by atoms with van der Waals surface area (Å²) in [5, 5.41) is 0. The Bertz CT molecular complexity index is 225. The molecule has 0 bridgehead atoms. The van der Waals surface area contributed by atoms with Crippen molar-refractivity contribution in [2.75, 3.05) is 0 Å². The van der Waals surface area contributed by atoms with Gasteiger partial charge in [0, 0.05) is 17.0 Å². The molecule has 1 N–H and O–H groups in total. The molecule has 2 heteroatoms. The number of nitrogens with one attached hydrogen (secondary N) is 1. The number of aromatic nitrogens is 1. The highest BCUT2D eigenvalue weighted by Gasteiger charge is 1.97. The minimum absolute atomic E-state index is 0.757. The van der Waals surface area contributed by atoms with Crippen molar-refractivity contribution in [2.24, 2.45) is 0 Å². The zero-order valence-corrected chi connectivity index (χ0v) is 5.56. The Kier molecular flexibility index (Phi) is 1.39. The molecule has 0 saturated heterocycles. The fraction of sp³-hybridized carbons (Fsp3) is 0.286. The van der Waals surface area contributed by atoms with Gasteiger partial charge in [-0.25, -0.2) is 0 Å². The number of hydrogen-bond acceptors (Lipinski definition) is 1. The Morgan fingerprint density at radius 2 is 2.22 bits per heavy atom. The minimum Gasteiger partial charge on any atom is -0.362 e. The molecule has 0 aliphatic carbocycles. The highest BCUT2D eigenvalue weighted by molar-refractivity contribution is 5.76. The molecule has 9 heavy (non-hydrogen) atoms. The van der Waals surface area contributed by atoms with Gasteiger partial charge in [-0.2, -0.15) is 0 Å². The number of aryl methyl sites for hydroxylation is 2. The van der Waals surface area contributed by atoms with Gasteiger partial charge in [-0.15, -0.1) is 0 Å². The molecule has 1 rings (SSSR count). The average molecular weight is 123 g/mol. The molecular weight excluding hydrogens is 114 g/mol. The van der Waals surface area contributed by atoms with Crippen LogP contribution >= 0.6 is 0 Å². The van der Waals surface area contributed by atoms with Crippen LogP contribution in [-0.2, 0) is 0 Å². The van der Waals surface area contributed by atoms with Crippen LogP contribution in [0.1, 0.15) is 21.7 Å². The molecule has 0 aromatic carbocycles. The van der Waals surface area contributed by atoms with E-state index >= 15 is 0 Å². The summed E-state index contributed by atoms with van der Waals surface area (Å²) in [4.78, 5) is 13.2. The second kappa shape index (κ2) is 2.05. The molecule has 1 heterocycles. The van der Waals surface area contributed by atoms with Gasteiger partial charge in [-0.3, -0.25) is 4.79 Å². The van der Waals surface area contributed by atoms with Gasteiger partial charge in [0.15, 0.2) is 6.29 Å². The largest absolute Gasteiger partial charge is 0.362 e. The molecule has 0 atom stereocenters. The lowest BCUT2D eigenvalue weighted by Gasteiger charge is -1.81. The van der Waals surface area contributed by atoms with Crippen molar-refractivity contribution >= 4 is 6.29 Å².